The van der Waals surface area contributed by atoms with Crippen molar-refractivity contribution in [3.05, 3.63) is 97.2 Å². The first-order valence-electron chi connectivity index (χ1n) is 9.06. The molecule has 0 amide bonds. The maximum absolute atomic E-state index is 4.07. The molecule has 0 fully saturated rings. The molecule has 0 aliphatic carbocycles. The van der Waals surface area contributed by atoms with Gasteiger partial charge >= 0.3 is 0 Å². The number of para-hydroxylation sites is 1. The van der Waals surface area contributed by atoms with E-state index in [1.54, 1.807) is 12.3 Å². The predicted molar refractivity (Wildman–Crippen MR) is 118 cm³/mol. The fourth-order valence-corrected chi connectivity index (χ4v) is 2.86. The number of nitrogens with one attached hydrogen (secondary N) is 1. The van der Waals surface area contributed by atoms with Gasteiger partial charge in [-0.3, -0.25) is 0 Å². The zero-order valence-corrected chi connectivity index (χ0v) is 15.7. The molecule has 0 unspecified atom stereocenters. The van der Waals surface area contributed by atoms with E-state index < -0.39 is 0 Å². The number of aromatic nitrogens is 3. The molecule has 0 aliphatic rings. The van der Waals surface area contributed by atoms with Crippen LogP contribution in [0.2, 0.25) is 0 Å². The van der Waals surface area contributed by atoms with Crippen LogP contribution in [0.4, 0.5) is 17.2 Å². The standard InChI is InChI=1S/C23H23N5/c1-3-17-28(18-4-2)21-12-8-11-20(14-13-19-9-6-5-7-10-19)23(21)25-22-15-16-24-27-26-22/h3-16H,1-2,17-18H2,(H,24,25,26). The Labute approximate surface area is 165 Å². The van der Waals surface area contributed by atoms with E-state index in [9.17, 15) is 0 Å². The Kier molecular flexibility index (Phi) is 6.68. The average Bonchev–Trinajstić information content (AvgIpc) is 2.74. The van der Waals surface area contributed by atoms with Crippen molar-refractivity contribution >= 4 is 29.3 Å². The molecule has 0 spiro atoms. The Morgan fingerprint density at radius 1 is 0.893 bits per heavy atom. The van der Waals surface area contributed by atoms with E-state index in [0.717, 1.165) is 22.5 Å². The lowest BCUT2D eigenvalue weighted by Gasteiger charge is -2.26. The lowest BCUT2D eigenvalue weighted by molar-refractivity contribution is 0.870. The summed E-state index contributed by atoms with van der Waals surface area (Å²) in [4.78, 5) is 2.19. The van der Waals surface area contributed by atoms with Gasteiger partial charge in [-0.2, -0.15) is 0 Å². The summed E-state index contributed by atoms with van der Waals surface area (Å²) in [6, 6.07) is 18.2. The highest BCUT2D eigenvalue weighted by molar-refractivity contribution is 5.86. The monoisotopic (exact) mass is 369 g/mol. The van der Waals surface area contributed by atoms with Gasteiger partial charge in [-0.15, -0.1) is 23.4 Å². The molecule has 2 aromatic carbocycles. The Hall–Kier alpha value is -3.73. The van der Waals surface area contributed by atoms with Crippen molar-refractivity contribution in [2.45, 2.75) is 0 Å². The Balaban J connectivity index is 2.04. The van der Waals surface area contributed by atoms with Gasteiger partial charge in [-0.05, 0) is 16.8 Å². The van der Waals surface area contributed by atoms with Gasteiger partial charge in [0.15, 0.2) is 5.82 Å². The molecular weight excluding hydrogens is 346 g/mol. The van der Waals surface area contributed by atoms with Gasteiger partial charge in [0.2, 0.25) is 0 Å². The van der Waals surface area contributed by atoms with Crippen LogP contribution < -0.4 is 10.2 Å². The summed E-state index contributed by atoms with van der Waals surface area (Å²) in [5.74, 6) is 0.633. The van der Waals surface area contributed by atoms with Crippen molar-refractivity contribution in [3.8, 4) is 0 Å². The lowest BCUT2D eigenvalue weighted by atomic mass is 10.1. The average molecular weight is 369 g/mol. The summed E-state index contributed by atoms with van der Waals surface area (Å²) in [5, 5.41) is 14.9. The highest BCUT2D eigenvalue weighted by Gasteiger charge is 2.13. The largest absolute Gasteiger partial charge is 0.362 e. The van der Waals surface area contributed by atoms with Crippen LogP contribution in [0.1, 0.15) is 11.1 Å². The number of rotatable bonds is 9. The number of anilines is 3. The van der Waals surface area contributed by atoms with Gasteiger partial charge in [-0.25, -0.2) is 0 Å². The molecule has 0 saturated carbocycles. The highest BCUT2D eigenvalue weighted by atomic mass is 15.3. The molecule has 0 aliphatic heterocycles. The zero-order chi connectivity index (χ0) is 19.6. The first-order chi connectivity index (χ1) is 13.8. The smallest absolute Gasteiger partial charge is 0.156 e. The fourth-order valence-electron chi connectivity index (χ4n) is 2.86. The molecule has 0 radical (unpaired) electrons. The van der Waals surface area contributed by atoms with Gasteiger partial charge < -0.3 is 10.2 Å². The minimum Gasteiger partial charge on any atom is -0.362 e. The molecule has 3 aromatic rings. The van der Waals surface area contributed by atoms with Crippen molar-refractivity contribution in [2.75, 3.05) is 23.3 Å². The van der Waals surface area contributed by atoms with Crippen LogP contribution >= 0.6 is 0 Å². The van der Waals surface area contributed by atoms with Crippen LogP contribution in [-0.2, 0) is 0 Å². The molecule has 1 N–H and O–H groups in total. The maximum Gasteiger partial charge on any atom is 0.156 e. The van der Waals surface area contributed by atoms with Gasteiger partial charge in [-0.1, -0.05) is 66.8 Å². The number of benzene rings is 2. The second-order valence-electron chi connectivity index (χ2n) is 6.10. The van der Waals surface area contributed by atoms with Crippen LogP contribution in [0, 0.1) is 0 Å². The first-order valence-corrected chi connectivity index (χ1v) is 9.06. The Bertz CT molecular complexity index is 926. The molecule has 0 atom stereocenters. The van der Waals surface area contributed by atoms with Crippen molar-refractivity contribution in [2.24, 2.45) is 0 Å². The summed E-state index contributed by atoms with van der Waals surface area (Å²) >= 11 is 0. The first kappa shape index (κ1) is 19.0. The van der Waals surface area contributed by atoms with Crippen LogP contribution in [0.25, 0.3) is 12.2 Å². The maximum atomic E-state index is 4.07. The van der Waals surface area contributed by atoms with Crippen molar-refractivity contribution in [1.82, 2.24) is 15.4 Å². The third kappa shape index (κ3) is 4.92. The Morgan fingerprint density at radius 3 is 2.36 bits per heavy atom. The van der Waals surface area contributed by atoms with E-state index in [4.69, 9.17) is 0 Å². The SMILES string of the molecule is C=CCN(CC=C)c1cccc(C=Cc2ccccc2)c1Nc1ccnnn1. The summed E-state index contributed by atoms with van der Waals surface area (Å²) < 4.78 is 0. The second kappa shape index (κ2) is 9.83. The molecule has 28 heavy (non-hydrogen) atoms. The van der Waals surface area contributed by atoms with Gasteiger partial charge in [0, 0.05) is 24.7 Å². The second-order valence-corrected chi connectivity index (χ2v) is 6.10. The van der Waals surface area contributed by atoms with Crippen molar-refractivity contribution in [1.29, 1.82) is 0 Å². The van der Waals surface area contributed by atoms with Gasteiger partial charge in [0.1, 0.15) is 0 Å². The van der Waals surface area contributed by atoms with E-state index in [1.165, 1.54) is 0 Å². The molecule has 5 heteroatoms. The molecule has 140 valence electrons. The summed E-state index contributed by atoms with van der Waals surface area (Å²) in [5.41, 5.74) is 4.15. The van der Waals surface area contributed by atoms with E-state index in [2.05, 4.69) is 75.2 Å². The van der Waals surface area contributed by atoms with Gasteiger partial charge in [0.25, 0.3) is 0 Å². The van der Waals surface area contributed by atoms with E-state index in [-0.39, 0.29) is 0 Å². The van der Waals surface area contributed by atoms with E-state index >= 15 is 0 Å². The third-order valence-corrected chi connectivity index (χ3v) is 4.13. The predicted octanol–water partition coefficient (Wildman–Crippen LogP) is 4.96. The van der Waals surface area contributed by atoms with Crippen molar-refractivity contribution in [3.63, 3.8) is 0 Å². The molecule has 1 aromatic heterocycles. The topological polar surface area (TPSA) is 53.9 Å². The normalized spacial score (nSPS) is 10.6. The summed E-state index contributed by atoms with van der Waals surface area (Å²) in [6.07, 6.45) is 9.56. The van der Waals surface area contributed by atoms with Gasteiger partial charge in [0.05, 0.1) is 17.6 Å². The number of hydrogen-bond donors (Lipinski definition) is 1. The van der Waals surface area contributed by atoms with Crippen LogP contribution in [-0.4, -0.2) is 28.5 Å². The molecule has 3 rings (SSSR count). The van der Waals surface area contributed by atoms with Crippen molar-refractivity contribution < 1.29 is 0 Å². The summed E-state index contributed by atoms with van der Waals surface area (Å²) in [7, 11) is 0. The molecule has 5 nitrogen and oxygen atoms in total. The number of nitrogens with zero attached hydrogens (tertiary/aromatic N) is 4. The van der Waals surface area contributed by atoms with Crippen LogP contribution in [0.3, 0.4) is 0 Å². The minimum absolute atomic E-state index is 0.633. The van der Waals surface area contributed by atoms with E-state index in [0.29, 0.717) is 18.9 Å². The molecule has 0 saturated heterocycles. The lowest BCUT2D eigenvalue weighted by Crippen LogP contribution is -2.24. The Morgan fingerprint density at radius 2 is 1.68 bits per heavy atom. The van der Waals surface area contributed by atoms with E-state index in [1.807, 2.05) is 36.4 Å². The zero-order valence-electron chi connectivity index (χ0n) is 15.7. The number of hydrogen-bond acceptors (Lipinski definition) is 5. The molecular formula is C23H23N5. The third-order valence-electron chi connectivity index (χ3n) is 4.13. The van der Waals surface area contributed by atoms with Crippen LogP contribution in [0.5, 0.6) is 0 Å². The quantitative estimate of drug-likeness (QED) is 0.426. The molecule has 1 heterocycles. The minimum atomic E-state index is 0.633. The van der Waals surface area contributed by atoms with Crippen LogP contribution in [0.15, 0.2) is 86.1 Å². The highest BCUT2D eigenvalue weighted by Crippen LogP contribution is 2.33. The summed E-state index contributed by atoms with van der Waals surface area (Å²) in [6.45, 7) is 9.16. The fraction of sp³-hybridized carbons (Fsp3) is 0.0870. The molecule has 0 bridgehead atoms.